The van der Waals surface area contributed by atoms with E-state index < -0.39 is 140 Å². The molecule has 5 atom stereocenters. The molecule has 3 aliphatic heterocycles. The summed E-state index contributed by atoms with van der Waals surface area (Å²) < 4.78 is 28.2. The van der Waals surface area contributed by atoms with Gasteiger partial charge in [-0.15, -0.1) is 0 Å². The molecule has 5 aliphatic rings. The van der Waals surface area contributed by atoms with Crippen molar-refractivity contribution >= 4 is 70.1 Å². The van der Waals surface area contributed by atoms with Crippen LogP contribution in [-0.2, 0) is 89.0 Å². The highest BCUT2D eigenvalue weighted by Gasteiger charge is 2.47. The van der Waals surface area contributed by atoms with Crippen LogP contribution in [0, 0.1) is 18.7 Å². The minimum Gasteiger partial charge on any atom is -0.480 e. The predicted octanol–water partition coefficient (Wildman–Crippen LogP) is -1.46. The molecular formula is C54H57FN10O15. The van der Waals surface area contributed by atoms with Crippen LogP contribution in [0.25, 0.3) is 22.3 Å². The normalized spacial score (nSPS) is 18.7. The monoisotopic (exact) mass is 1100 g/mol. The first-order chi connectivity index (χ1) is 38.3. The highest BCUT2D eigenvalue weighted by molar-refractivity contribution is 6.15. The number of hydrogen-bond acceptors (Lipinski definition) is 16. The Balaban J connectivity index is 0.804. The molecule has 9 rings (SSSR count). The lowest BCUT2D eigenvalue weighted by molar-refractivity contribution is -0.172. The number of pyridine rings is 2. The third-order valence-corrected chi connectivity index (χ3v) is 14.8. The lowest BCUT2D eigenvalue weighted by atomic mass is 9.81. The Morgan fingerprint density at radius 2 is 1.54 bits per heavy atom. The molecule has 0 saturated heterocycles. The summed E-state index contributed by atoms with van der Waals surface area (Å²) in [4.78, 5) is 148. The Hall–Kier alpha value is -8.75. The number of nitrogens with one attached hydrogen (secondary N) is 7. The number of ether oxygens (including phenoxy) is 2. The van der Waals surface area contributed by atoms with Crippen molar-refractivity contribution in [3.05, 3.63) is 110 Å². The van der Waals surface area contributed by atoms with Gasteiger partial charge >= 0.3 is 11.9 Å². The molecule has 25 nitrogen and oxygen atoms in total. The highest BCUT2D eigenvalue weighted by Crippen LogP contribution is 2.46. The highest BCUT2D eigenvalue weighted by atomic mass is 19.1. The van der Waals surface area contributed by atoms with Gasteiger partial charge in [0.05, 0.1) is 61.2 Å². The minimum absolute atomic E-state index is 0.0312. The van der Waals surface area contributed by atoms with Gasteiger partial charge in [-0.1, -0.05) is 37.3 Å². The smallest absolute Gasteiger partial charge is 0.343 e. The number of hydrogen-bond donors (Lipinski definition) is 9. The molecule has 0 bridgehead atoms. The number of aliphatic carboxylic acids is 1. The van der Waals surface area contributed by atoms with Crippen LogP contribution in [0.15, 0.2) is 59.4 Å². The molecule has 4 aromatic rings. The van der Waals surface area contributed by atoms with E-state index in [1.165, 1.54) is 10.6 Å². The van der Waals surface area contributed by atoms with E-state index in [1.54, 1.807) is 50.2 Å². The summed E-state index contributed by atoms with van der Waals surface area (Å²) in [7, 11) is 0. The molecule has 9 N–H and O–H groups in total. The first-order valence-electron chi connectivity index (χ1n) is 25.9. The van der Waals surface area contributed by atoms with Gasteiger partial charge in [0.25, 0.3) is 17.4 Å². The van der Waals surface area contributed by atoms with E-state index in [4.69, 9.17) is 19.6 Å². The number of nitrogens with zero attached hydrogens (tertiary/aromatic N) is 3. The summed E-state index contributed by atoms with van der Waals surface area (Å²) in [5.41, 5.74) is 1.73. The van der Waals surface area contributed by atoms with Crippen LogP contribution in [0.4, 0.5) is 4.39 Å². The lowest BCUT2D eigenvalue weighted by Crippen LogP contribution is -2.56. The van der Waals surface area contributed by atoms with Crippen molar-refractivity contribution in [1.82, 2.24) is 51.7 Å². The molecule has 2 aromatic heterocycles. The van der Waals surface area contributed by atoms with E-state index in [0.29, 0.717) is 75.1 Å². The maximum atomic E-state index is 15.5. The fraction of sp³-hybridized carbons (Fsp3) is 0.407. The number of rotatable bonds is 23. The number of benzene rings is 2. The quantitative estimate of drug-likeness (QED) is 0.0205. The van der Waals surface area contributed by atoms with Crippen molar-refractivity contribution in [3.63, 3.8) is 0 Å². The zero-order valence-corrected chi connectivity index (χ0v) is 43.4. The minimum atomic E-state index is -2.07. The van der Waals surface area contributed by atoms with Crippen LogP contribution >= 0.6 is 0 Å². The average molecular weight is 1110 g/mol. The Morgan fingerprint density at radius 3 is 2.23 bits per heavy atom. The molecule has 1 saturated carbocycles. The number of carbonyl (C=O) groups is 10. The zero-order chi connectivity index (χ0) is 57.2. The van der Waals surface area contributed by atoms with Crippen molar-refractivity contribution < 1.29 is 72.0 Å². The average Bonchev–Trinajstić information content (AvgIpc) is 4.33. The molecule has 26 heteroatoms. The van der Waals surface area contributed by atoms with Gasteiger partial charge in [-0.2, -0.15) is 0 Å². The Bertz CT molecular complexity index is 3350. The number of aromatic nitrogens is 2. The van der Waals surface area contributed by atoms with Gasteiger partial charge in [0.15, 0.2) is 5.60 Å². The second-order valence-electron chi connectivity index (χ2n) is 20.0. The number of aliphatic hydroxyl groups is 1. The van der Waals surface area contributed by atoms with Gasteiger partial charge in [-0.05, 0) is 73.3 Å². The number of halogens is 1. The second kappa shape index (κ2) is 23.3. The van der Waals surface area contributed by atoms with Crippen LogP contribution in [0.1, 0.15) is 77.6 Å². The summed E-state index contributed by atoms with van der Waals surface area (Å²) >= 11 is 0. The summed E-state index contributed by atoms with van der Waals surface area (Å²) in [5, 5.41) is 38.7. The fourth-order valence-electron chi connectivity index (χ4n) is 10.5. The molecule has 0 unspecified atom stereocenters. The van der Waals surface area contributed by atoms with Gasteiger partial charge in [0.1, 0.15) is 37.3 Å². The van der Waals surface area contributed by atoms with Gasteiger partial charge < -0.3 is 61.5 Å². The third-order valence-electron chi connectivity index (χ3n) is 14.8. The first kappa shape index (κ1) is 56.0. The topological polar surface area (TPSA) is 352 Å². The van der Waals surface area contributed by atoms with Gasteiger partial charge in [0.2, 0.25) is 35.4 Å². The Labute approximate surface area is 454 Å². The summed E-state index contributed by atoms with van der Waals surface area (Å²) in [5.74, 6) is -9.04. The summed E-state index contributed by atoms with van der Waals surface area (Å²) in [6, 6.07) is 8.06. The van der Waals surface area contributed by atoms with Crippen molar-refractivity contribution in [1.29, 1.82) is 0 Å². The molecule has 420 valence electrons. The number of fused-ring (bicyclic) bond motifs is 5. The van der Waals surface area contributed by atoms with E-state index >= 15 is 4.39 Å². The molecule has 2 aliphatic carbocycles. The molecule has 0 spiro atoms. The number of esters is 1. The lowest BCUT2D eigenvalue weighted by Gasteiger charge is -2.31. The molecule has 5 heterocycles. The standard InChI is InChI=1S/C54H57FN10O15/c1-3-54(78)32-16-37-47-30(23-64(37)52(76)31(32)24-79-53(54)77)46-34(12-11-29-26(2)33(55)17-35(62-47)45(29)46)63-51(75)48(28-9-10-28)80-25-60-40(67)20-58-49(73)36(15-27-7-5-4-6-8-27)61-41(68)21-57-39(66)19-59-50(74)38(18-56-22-44(71)72)65-42(69)13-14-43(65)70/h4-8,13-14,16-17,28,34,36,38,48,56,78H,3,9-12,15,18-25H2,1-2H3,(H,57,66)(H,58,73)(H,59,74)(H,60,67)(H,61,68)(H,63,75)(H,71,72)/t34-,36+,38+,48-,54+/m1/s1. The van der Waals surface area contributed by atoms with Crippen LogP contribution in [0.3, 0.4) is 0 Å². The number of imide groups is 1. The van der Waals surface area contributed by atoms with Crippen molar-refractivity contribution in [2.24, 2.45) is 5.92 Å². The van der Waals surface area contributed by atoms with E-state index in [1.807, 2.05) is 0 Å². The number of carboxylic acid groups (broad SMARTS) is 1. The number of carboxylic acids is 1. The number of carbonyl (C=O) groups excluding carboxylic acids is 9. The molecule has 2 aromatic carbocycles. The fourth-order valence-corrected chi connectivity index (χ4v) is 10.5. The third kappa shape index (κ3) is 11.5. The molecule has 0 radical (unpaired) electrons. The van der Waals surface area contributed by atoms with E-state index in [0.717, 1.165) is 17.7 Å². The van der Waals surface area contributed by atoms with Crippen LogP contribution in [-0.4, -0.2) is 142 Å². The zero-order valence-electron chi connectivity index (χ0n) is 43.4. The molecule has 80 heavy (non-hydrogen) atoms. The van der Waals surface area contributed by atoms with Gasteiger partial charge in [-0.25, -0.2) is 14.2 Å². The summed E-state index contributed by atoms with van der Waals surface area (Å²) in [6.07, 6.45) is 2.83. The first-order valence-corrected chi connectivity index (χ1v) is 25.9. The van der Waals surface area contributed by atoms with E-state index in [-0.39, 0.29) is 43.0 Å². The number of cyclic esters (lactones) is 1. The van der Waals surface area contributed by atoms with E-state index in [2.05, 4.69) is 37.2 Å². The largest absolute Gasteiger partial charge is 0.480 e. The SMILES string of the molecule is CC[C@@]1(O)C(=O)OCc2c1cc1n(c2=O)Cc2c-1nc1cc(F)c(C)c3c1c2[C@H](NC(=O)[C@H](OCNC(=O)CNC(=O)[C@H](Cc1ccccc1)NC(=O)CNC(=O)CNC(=O)[C@H](CNCC(=O)O)N1C(=O)C=CC1=O)C1CC1)CC3. The van der Waals surface area contributed by atoms with E-state index in [9.17, 15) is 57.8 Å². The Kier molecular flexibility index (Phi) is 16.3. The predicted molar refractivity (Wildman–Crippen MR) is 275 cm³/mol. The second-order valence-corrected chi connectivity index (χ2v) is 20.0. The van der Waals surface area contributed by atoms with Crippen molar-refractivity contribution in [2.75, 3.05) is 39.5 Å². The maximum Gasteiger partial charge on any atom is 0.343 e. The number of aryl methyl sites for hydroxylation is 1. The Morgan fingerprint density at radius 1 is 0.850 bits per heavy atom. The maximum absolute atomic E-state index is 15.5. The summed E-state index contributed by atoms with van der Waals surface area (Å²) in [6.45, 7) is -0.424. The van der Waals surface area contributed by atoms with Crippen LogP contribution in [0.2, 0.25) is 0 Å². The van der Waals surface area contributed by atoms with Crippen LogP contribution < -0.4 is 42.8 Å². The molecule has 8 amide bonds. The number of amides is 8. The van der Waals surface area contributed by atoms with Crippen molar-refractivity contribution in [2.45, 2.75) is 95.4 Å². The molecular weight excluding hydrogens is 1050 g/mol. The van der Waals surface area contributed by atoms with Gasteiger partial charge in [-0.3, -0.25) is 52.8 Å². The van der Waals surface area contributed by atoms with Crippen LogP contribution in [0.5, 0.6) is 0 Å². The molecule has 1 fully saturated rings. The van der Waals surface area contributed by atoms with Crippen molar-refractivity contribution in [3.8, 4) is 11.4 Å². The van der Waals surface area contributed by atoms with Gasteiger partial charge in [0, 0.05) is 47.7 Å².